The lowest BCUT2D eigenvalue weighted by molar-refractivity contribution is -0.143. The number of hydrogen-bond acceptors (Lipinski definition) is 7. The minimum atomic E-state index is -3.40. The van der Waals surface area contributed by atoms with E-state index in [0.717, 1.165) is 17.6 Å². The van der Waals surface area contributed by atoms with E-state index in [1.165, 1.54) is 22.8 Å². The molecule has 2 heterocycles. The van der Waals surface area contributed by atoms with Crippen LogP contribution in [0.2, 0.25) is 0 Å². The van der Waals surface area contributed by atoms with Gasteiger partial charge in [0, 0.05) is 6.26 Å². The second kappa shape index (κ2) is 8.02. The van der Waals surface area contributed by atoms with Crippen LogP contribution in [0.25, 0.3) is 10.2 Å². The van der Waals surface area contributed by atoms with Crippen LogP contribution in [0.3, 0.4) is 0 Å². The summed E-state index contributed by atoms with van der Waals surface area (Å²) in [4.78, 5) is 28.8. The first kappa shape index (κ1) is 20.5. The minimum Gasteiger partial charge on any atom is -0.465 e. The summed E-state index contributed by atoms with van der Waals surface area (Å²) in [7, 11) is -3.40. The molecule has 0 N–H and O–H groups in total. The number of thiazole rings is 1. The van der Waals surface area contributed by atoms with E-state index >= 15 is 0 Å². The van der Waals surface area contributed by atoms with Crippen molar-refractivity contribution in [3.8, 4) is 0 Å². The number of nitrogens with zero attached hydrogens (tertiary/aromatic N) is 2. The lowest BCUT2D eigenvalue weighted by atomic mass is 10.3. The summed E-state index contributed by atoms with van der Waals surface area (Å²) in [5, 5.41) is 0. The van der Waals surface area contributed by atoms with Crippen LogP contribution in [0, 0.1) is 0 Å². The van der Waals surface area contributed by atoms with Crippen molar-refractivity contribution in [3.63, 3.8) is 0 Å². The molecule has 2 aromatic heterocycles. The molecule has 0 aliphatic carbocycles. The second-order valence-electron chi connectivity index (χ2n) is 5.70. The first-order valence-corrected chi connectivity index (χ1v) is 11.5. The monoisotopic (exact) mass is 486 g/mol. The fraction of sp³-hybridized carbons (Fsp3) is 0.235. The van der Waals surface area contributed by atoms with Gasteiger partial charge in [0.05, 0.1) is 21.7 Å². The van der Waals surface area contributed by atoms with Crippen molar-refractivity contribution in [2.75, 3.05) is 12.9 Å². The predicted octanol–water partition coefficient (Wildman–Crippen LogP) is 2.77. The Hall–Kier alpha value is -2.24. The Kier molecular flexibility index (Phi) is 5.87. The Morgan fingerprint density at radius 1 is 1.29 bits per heavy atom. The highest BCUT2D eigenvalue weighted by atomic mass is 79.9. The molecular formula is C17H15BrN2O6S2. The first-order valence-electron chi connectivity index (χ1n) is 8.02. The zero-order valence-electron chi connectivity index (χ0n) is 14.8. The molecule has 0 bridgehead atoms. The summed E-state index contributed by atoms with van der Waals surface area (Å²) in [6.45, 7) is 1.74. The molecule has 0 radical (unpaired) electrons. The van der Waals surface area contributed by atoms with Crippen molar-refractivity contribution in [3.05, 3.63) is 45.6 Å². The van der Waals surface area contributed by atoms with Crippen molar-refractivity contribution in [1.29, 1.82) is 0 Å². The Bertz CT molecular complexity index is 1240. The van der Waals surface area contributed by atoms with Crippen molar-refractivity contribution < 1.29 is 27.2 Å². The molecule has 0 fully saturated rings. The molecule has 1 amide bonds. The number of carbonyl (C=O) groups excluding carboxylic acids is 2. The molecule has 0 saturated carbocycles. The lowest BCUT2D eigenvalue weighted by Crippen LogP contribution is -2.23. The van der Waals surface area contributed by atoms with Gasteiger partial charge in [-0.3, -0.25) is 9.59 Å². The Labute approximate surface area is 172 Å². The summed E-state index contributed by atoms with van der Waals surface area (Å²) in [5.41, 5.74) is 0.567. The van der Waals surface area contributed by atoms with Gasteiger partial charge in [0.15, 0.2) is 25.1 Å². The number of furan rings is 1. The molecular weight excluding hydrogens is 472 g/mol. The maximum Gasteiger partial charge on any atom is 0.326 e. The molecule has 0 aliphatic rings. The van der Waals surface area contributed by atoms with Gasteiger partial charge in [-0.2, -0.15) is 4.99 Å². The van der Waals surface area contributed by atoms with Gasteiger partial charge < -0.3 is 13.7 Å². The van der Waals surface area contributed by atoms with Gasteiger partial charge in [0.1, 0.15) is 6.54 Å². The molecule has 8 nitrogen and oxygen atoms in total. The van der Waals surface area contributed by atoms with E-state index in [2.05, 4.69) is 20.9 Å². The van der Waals surface area contributed by atoms with E-state index in [4.69, 9.17) is 9.15 Å². The highest BCUT2D eigenvalue weighted by Gasteiger charge is 2.16. The molecule has 148 valence electrons. The first-order chi connectivity index (χ1) is 13.2. The van der Waals surface area contributed by atoms with Gasteiger partial charge in [-0.05, 0) is 53.2 Å². The molecule has 0 saturated heterocycles. The SMILES string of the molecule is CCOC(=O)Cn1c(=NC(=O)c2ccc(Br)o2)sc2cc(S(C)(=O)=O)ccc21. The van der Waals surface area contributed by atoms with Crippen molar-refractivity contribution in [2.24, 2.45) is 4.99 Å². The van der Waals surface area contributed by atoms with Crippen LogP contribution in [0.4, 0.5) is 0 Å². The average Bonchev–Trinajstić information content (AvgIpc) is 3.18. The number of fused-ring (bicyclic) bond motifs is 1. The third-order valence-electron chi connectivity index (χ3n) is 3.66. The number of aromatic nitrogens is 1. The third-order valence-corrected chi connectivity index (χ3v) is 6.23. The van der Waals surface area contributed by atoms with Crippen molar-refractivity contribution in [2.45, 2.75) is 18.4 Å². The van der Waals surface area contributed by atoms with Gasteiger partial charge in [-0.1, -0.05) is 11.3 Å². The largest absolute Gasteiger partial charge is 0.465 e. The van der Waals surface area contributed by atoms with E-state index in [0.29, 0.717) is 14.9 Å². The number of sulfone groups is 1. The number of hydrogen-bond donors (Lipinski definition) is 0. The number of ether oxygens (including phenoxy) is 1. The van der Waals surface area contributed by atoms with Crippen molar-refractivity contribution in [1.82, 2.24) is 4.57 Å². The maximum atomic E-state index is 12.4. The smallest absolute Gasteiger partial charge is 0.326 e. The van der Waals surface area contributed by atoms with Crippen LogP contribution >= 0.6 is 27.3 Å². The Balaban J connectivity index is 2.16. The molecule has 3 rings (SSSR count). The van der Waals surface area contributed by atoms with Crippen LogP contribution in [-0.4, -0.2) is 37.7 Å². The fourth-order valence-corrected chi connectivity index (χ4v) is 4.52. The fourth-order valence-electron chi connectivity index (χ4n) is 2.43. The highest BCUT2D eigenvalue weighted by molar-refractivity contribution is 9.10. The highest BCUT2D eigenvalue weighted by Crippen LogP contribution is 2.22. The zero-order valence-corrected chi connectivity index (χ0v) is 18.1. The third kappa shape index (κ3) is 4.42. The molecule has 0 unspecified atom stereocenters. The summed E-state index contributed by atoms with van der Waals surface area (Å²) in [5.74, 6) is -1.09. The van der Waals surface area contributed by atoms with E-state index in [-0.39, 0.29) is 28.6 Å². The molecule has 0 atom stereocenters. The second-order valence-corrected chi connectivity index (χ2v) is 9.50. The topological polar surface area (TPSA) is 108 Å². The average molecular weight is 487 g/mol. The number of esters is 1. The quantitative estimate of drug-likeness (QED) is 0.513. The van der Waals surface area contributed by atoms with Crippen LogP contribution < -0.4 is 4.80 Å². The van der Waals surface area contributed by atoms with Crippen LogP contribution in [0.5, 0.6) is 0 Å². The van der Waals surface area contributed by atoms with Crippen LogP contribution in [0.15, 0.2) is 49.3 Å². The van der Waals surface area contributed by atoms with Crippen molar-refractivity contribution >= 4 is 59.2 Å². The van der Waals surface area contributed by atoms with Gasteiger partial charge in [0.2, 0.25) is 0 Å². The van der Waals surface area contributed by atoms with Crippen LogP contribution in [-0.2, 0) is 25.9 Å². The normalized spacial score (nSPS) is 12.5. The Morgan fingerprint density at radius 2 is 2.04 bits per heavy atom. The Morgan fingerprint density at radius 3 is 2.64 bits per heavy atom. The standard InChI is InChI=1S/C17H15BrN2O6S2/c1-3-25-15(21)9-20-11-5-4-10(28(2,23)24)8-13(11)27-17(20)19-16(22)12-6-7-14(18)26-12/h4-8H,3,9H2,1-2H3. The molecule has 28 heavy (non-hydrogen) atoms. The van der Waals surface area contributed by atoms with E-state index in [1.807, 2.05) is 0 Å². The zero-order chi connectivity index (χ0) is 20.5. The van der Waals surface area contributed by atoms with E-state index < -0.39 is 21.7 Å². The maximum absolute atomic E-state index is 12.4. The number of amides is 1. The molecule has 1 aromatic carbocycles. The van der Waals surface area contributed by atoms with Gasteiger partial charge in [-0.25, -0.2) is 8.42 Å². The number of halogens is 1. The lowest BCUT2D eigenvalue weighted by Gasteiger charge is -2.05. The molecule has 0 spiro atoms. The number of carbonyl (C=O) groups is 2. The number of benzene rings is 1. The summed E-state index contributed by atoms with van der Waals surface area (Å²) >= 11 is 4.22. The summed E-state index contributed by atoms with van der Waals surface area (Å²) in [6.07, 6.45) is 1.11. The minimum absolute atomic E-state index is 0.0313. The van der Waals surface area contributed by atoms with Gasteiger partial charge >= 0.3 is 11.9 Å². The summed E-state index contributed by atoms with van der Waals surface area (Å²) in [6, 6.07) is 7.55. The molecule has 11 heteroatoms. The van der Waals surface area contributed by atoms with E-state index in [9.17, 15) is 18.0 Å². The predicted molar refractivity (Wildman–Crippen MR) is 106 cm³/mol. The number of rotatable bonds is 5. The van der Waals surface area contributed by atoms with Crippen LogP contribution in [0.1, 0.15) is 17.5 Å². The van der Waals surface area contributed by atoms with Gasteiger partial charge in [-0.15, -0.1) is 0 Å². The molecule has 3 aromatic rings. The molecule has 0 aliphatic heterocycles. The van der Waals surface area contributed by atoms with E-state index in [1.54, 1.807) is 19.1 Å². The van der Waals surface area contributed by atoms with Gasteiger partial charge in [0.25, 0.3) is 0 Å². The summed E-state index contributed by atoms with van der Waals surface area (Å²) < 4.78 is 36.3.